The Labute approximate surface area is 117 Å². The summed E-state index contributed by atoms with van der Waals surface area (Å²) in [5.41, 5.74) is 7.09. The number of rotatable bonds is 3. The van der Waals surface area contributed by atoms with Gasteiger partial charge in [-0.1, -0.05) is 63.2 Å². The Morgan fingerprint density at radius 3 is 2.00 bits per heavy atom. The van der Waals surface area contributed by atoms with Crippen LogP contribution in [0.4, 0.5) is 0 Å². The average Bonchev–Trinajstić information content (AvgIpc) is 2.38. The highest BCUT2D eigenvalue weighted by molar-refractivity contribution is 5.41. The van der Waals surface area contributed by atoms with E-state index in [4.69, 9.17) is 0 Å². The van der Waals surface area contributed by atoms with E-state index in [2.05, 4.69) is 77.1 Å². The first-order chi connectivity index (χ1) is 9.00. The van der Waals surface area contributed by atoms with Gasteiger partial charge in [0.25, 0.3) is 0 Å². The van der Waals surface area contributed by atoms with Crippen LogP contribution in [0.1, 0.15) is 60.4 Å². The van der Waals surface area contributed by atoms with Crippen molar-refractivity contribution in [2.45, 2.75) is 46.5 Å². The predicted octanol–water partition coefficient (Wildman–Crippen LogP) is 5.58. The summed E-state index contributed by atoms with van der Waals surface area (Å²) in [4.78, 5) is 0. The smallest absolute Gasteiger partial charge is 0.00637 e. The number of benzene rings is 2. The van der Waals surface area contributed by atoms with Crippen molar-refractivity contribution in [3.63, 3.8) is 0 Å². The van der Waals surface area contributed by atoms with Crippen LogP contribution in [-0.4, -0.2) is 0 Å². The van der Waals surface area contributed by atoms with Crippen molar-refractivity contribution in [3.05, 3.63) is 70.3 Å². The van der Waals surface area contributed by atoms with E-state index < -0.39 is 0 Å². The summed E-state index contributed by atoms with van der Waals surface area (Å²) in [6.45, 7) is 11.2. The van der Waals surface area contributed by atoms with Crippen molar-refractivity contribution in [1.82, 2.24) is 0 Å². The second-order valence-corrected chi connectivity index (χ2v) is 5.85. The van der Waals surface area contributed by atoms with Gasteiger partial charge in [0.15, 0.2) is 0 Å². The zero-order valence-corrected chi connectivity index (χ0v) is 12.7. The third-order valence-electron chi connectivity index (χ3n) is 4.07. The van der Waals surface area contributed by atoms with Crippen LogP contribution in [0.25, 0.3) is 0 Å². The lowest BCUT2D eigenvalue weighted by Crippen LogP contribution is -2.01. The lowest BCUT2D eigenvalue weighted by Gasteiger charge is -2.18. The molecule has 2 aromatic carbocycles. The molecule has 0 radical (unpaired) electrons. The van der Waals surface area contributed by atoms with Crippen LogP contribution in [0, 0.1) is 13.8 Å². The Bertz CT molecular complexity index is 564. The summed E-state index contributed by atoms with van der Waals surface area (Å²) in [6.07, 6.45) is 0. The molecule has 0 heterocycles. The summed E-state index contributed by atoms with van der Waals surface area (Å²) in [5.74, 6) is 1.06. The van der Waals surface area contributed by atoms with Gasteiger partial charge in [-0.3, -0.25) is 0 Å². The maximum absolute atomic E-state index is 2.35. The van der Waals surface area contributed by atoms with Gasteiger partial charge in [0.1, 0.15) is 0 Å². The molecule has 0 nitrogen and oxygen atoms in total. The maximum atomic E-state index is 2.35. The fourth-order valence-electron chi connectivity index (χ4n) is 2.87. The quantitative estimate of drug-likeness (QED) is 0.669. The first kappa shape index (κ1) is 13.9. The minimum atomic E-state index is 0.459. The molecule has 1 atom stereocenters. The van der Waals surface area contributed by atoms with E-state index in [0.29, 0.717) is 11.8 Å². The zero-order chi connectivity index (χ0) is 14.0. The summed E-state index contributed by atoms with van der Waals surface area (Å²) < 4.78 is 0. The molecule has 0 spiro atoms. The SMILES string of the molecule is Cc1cc(C(C)c2ccccc2C)ccc1C(C)C. The van der Waals surface area contributed by atoms with Crippen LogP contribution in [0.15, 0.2) is 42.5 Å². The van der Waals surface area contributed by atoms with Crippen molar-refractivity contribution in [1.29, 1.82) is 0 Å². The van der Waals surface area contributed by atoms with Crippen LogP contribution in [0.3, 0.4) is 0 Å². The van der Waals surface area contributed by atoms with Gasteiger partial charge in [-0.05, 0) is 47.6 Å². The molecule has 19 heavy (non-hydrogen) atoms. The highest BCUT2D eigenvalue weighted by atomic mass is 14.2. The molecule has 0 bridgehead atoms. The van der Waals surface area contributed by atoms with Gasteiger partial charge in [0.05, 0.1) is 0 Å². The van der Waals surface area contributed by atoms with E-state index in [1.807, 2.05) is 0 Å². The minimum absolute atomic E-state index is 0.459. The van der Waals surface area contributed by atoms with Crippen molar-refractivity contribution in [3.8, 4) is 0 Å². The standard InChI is InChI=1S/C19H24/c1-13(2)18-11-10-17(12-15(18)4)16(5)19-9-7-6-8-14(19)3/h6-13,16H,1-5H3. The Morgan fingerprint density at radius 1 is 0.737 bits per heavy atom. The predicted molar refractivity (Wildman–Crippen MR) is 84.0 cm³/mol. The first-order valence-electron chi connectivity index (χ1n) is 7.16. The first-order valence-corrected chi connectivity index (χ1v) is 7.16. The molecule has 0 heteroatoms. The summed E-state index contributed by atoms with van der Waals surface area (Å²) in [5, 5.41) is 0. The molecule has 0 aromatic heterocycles. The molecule has 0 amide bonds. The minimum Gasteiger partial charge on any atom is -0.0620 e. The van der Waals surface area contributed by atoms with Gasteiger partial charge in [0.2, 0.25) is 0 Å². The van der Waals surface area contributed by atoms with Gasteiger partial charge in [-0.15, -0.1) is 0 Å². The van der Waals surface area contributed by atoms with Gasteiger partial charge in [-0.25, -0.2) is 0 Å². The van der Waals surface area contributed by atoms with Crippen molar-refractivity contribution < 1.29 is 0 Å². The normalized spacial score (nSPS) is 12.7. The summed E-state index contributed by atoms with van der Waals surface area (Å²) >= 11 is 0. The molecule has 0 aliphatic heterocycles. The average molecular weight is 252 g/mol. The molecule has 0 aliphatic rings. The molecule has 0 saturated heterocycles. The van der Waals surface area contributed by atoms with E-state index in [1.54, 1.807) is 0 Å². The third-order valence-corrected chi connectivity index (χ3v) is 4.07. The largest absolute Gasteiger partial charge is 0.0620 e. The number of hydrogen-bond acceptors (Lipinski definition) is 0. The fourth-order valence-corrected chi connectivity index (χ4v) is 2.87. The van der Waals surface area contributed by atoms with Crippen LogP contribution < -0.4 is 0 Å². The molecule has 1 unspecified atom stereocenters. The molecule has 0 saturated carbocycles. The van der Waals surface area contributed by atoms with Gasteiger partial charge in [-0.2, -0.15) is 0 Å². The van der Waals surface area contributed by atoms with Crippen molar-refractivity contribution in [2.24, 2.45) is 0 Å². The molecular formula is C19H24. The Morgan fingerprint density at radius 2 is 1.42 bits per heavy atom. The van der Waals surface area contributed by atoms with Gasteiger partial charge >= 0.3 is 0 Å². The molecular weight excluding hydrogens is 228 g/mol. The zero-order valence-electron chi connectivity index (χ0n) is 12.7. The highest BCUT2D eigenvalue weighted by Crippen LogP contribution is 2.29. The Hall–Kier alpha value is -1.56. The van der Waals surface area contributed by atoms with Crippen molar-refractivity contribution in [2.75, 3.05) is 0 Å². The molecule has 0 fully saturated rings. The van der Waals surface area contributed by atoms with E-state index in [0.717, 1.165) is 0 Å². The van der Waals surface area contributed by atoms with E-state index in [-0.39, 0.29) is 0 Å². The van der Waals surface area contributed by atoms with Crippen LogP contribution in [0.2, 0.25) is 0 Å². The maximum Gasteiger partial charge on any atom is 0.00637 e. The number of hydrogen-bond donors (Lipinski definition) is 0. The lowest BCUT2D eigenvalue weighted by molar-refractivity contribution is 0.846. The third kappa shape index (κ3) is 2.89. The molecule has 0 aliphatic carbocycles. The summed E-state index contributed by atoms with van der Waals surface area (Å²) in [7, 11) is 0. The Balaban J connectivity index is 2.38. The second kappa shape index (κ2) is 5.61. The van der Waals surface area contributed by atoms with Crippen LogP contribution >= 0.6 is 0 Å². The number of aryl methyl sites for hydroxylation is 2. The molecule has 0 N–H and O–H groups in total. The van der Waals surface area contributed by atoms with E-state index >= 15 is 0 Å². The highest BCUT2D eigenvalue weighted by Gasteiger charge is 2.12. The topological polar surface area (TPSA) is 0 Å². The second-order valence-electron chi connectivity index (χ2n) is 5.85. The Kier molecular flexibility index (Phi) is 4.09. The summed E-state index contributed by atoms with van der Waals surface area (Å²) in [6, 6.07) is 15.6. The van der Waals surface area contributed by atoms with E-state index in [1.165, 1.54) is 27.8 Å². The fraction of sp³-hybridized carbons (Fsp3) is 0.368. The lowest BCUT2D eigenvalue weighted by atomic mass is 9.87. The van der Waals surface area contributed by atoms with Gasteiger partial charge < -0.3 is 0 Å². The van der Waals surface area contributed by atoms with Crippen molar-refractivity contribution >= 4 is 0 Å². The van der Waals surface area contributed by atoms with Crippen LogP contribution in [-0.2, 0) is 0 Å². The monoisotopic (exact) mass is 252 g/mol. The molecule has 2 rings (SSSR count). The van der Waals surface area contributed by atoms with Crippen LogP contribution in [0.5, 0.6) is 0 Å². The molecule has 100 valence electrons. The van der Waals surface area contributed by atoms with E-state index in [9.17, 15) is 0 Å². The molecule has 2 aromatic rings. The van der Waals surface area contributed by atoms with Gasteiger partial charge in [0, 0.05) is 5.92 Å².